The van der Waals surface area contributed by atoms with Crippen LogP contribution in [0.4, 0.5) is 5.13 Å². The third kappa shape index (κ3) is 2.38. The van der Waals surface area contributed by atoms with Crippen LogP contribution in [-0.4, -0.2) is 9.54 Å². The largest absolute Gasteiger partial charge is 0.353 e. The van der Waals surface area contributed by atoms with Gasteiger partial charge in [0, 0.05) is 0 Å². The molecule has 1 aromatic rings. The summed E-state index contributed by atoms with van der Waals surface area (Å²) in [4.78, 5) is 4.06. The lowest BCUT2D eigenvalue weighted by Crippen LogP contribution is -1.90. The minimum absolute atomic E-state index is 0.901. The average molecular weight is 319 g/mol. The van der Waals surface area contributed by atoms with Crippen LogP contribution < -0.4 is 5.32 Å². The summed E-state index contributed by atoms with van der Waals surface area (Å²) in [6, 6.07) is 0. The summed E-state index contributed by atoms with van der Waals surface area (Å²) < 4.78 is 1.97. The predicted molar refractivity (Wildman–Crippen MR) is 52.3 cm³/mol. The maximum atomic E-state index is 4.06. The minimum atomic E-state index is 0.901. The molecule has 5 heteroatoms. The van der Waals surface area contributed by atoms with Gasteiger partial charge in [0.05, 0.1) is 14.5 Å². The van der Waals surface area contributed by atoms with Crippen LogP contribution in [-0.2, 0) is 0 Å². The van der Waals surface area contributed by atoms with Crippen LogP contribution in [0.15, 0.2) is 9.98 Å². The van der Waals surface area contributed by atoms with Gasteiger partial charge in [0.2, 0.25) is 0 Å². The number of halogens is 2. The van der Waals surface area contributed by atoms with Crippen molar-refractivity contribution in [2.45, 2.75) is 0 Å². The molecule has 0 aliphatic heterocycles. The van der Waals surface area contributed by atoms with E-state index in [1.165, 1.54) is 0 Å². The quantitative estimate of drug-likeness (QED) is 0.515. The SMILES string of the molecule is Brc1cnc(NCI)s1. The van der Waals surface area contributed by atoms with Crippen molar-refractivity contribution in [1.82, 2.24) is 4.98 Å². The summed E-state index contributed by atoms with van der Waals surface area (Å²) >= 11 is 7.16. The van der Waals surface area contributed by atoms with E-state index in [2.05, 4.69) is 48.8 Å². The molecule has 0 aliphatic carbocycles. The zero-order valence-corrected chi connectivity index (χ0v) is 8.96. The molecule has 0 bridgehead atoms. The molecular weight excluding hydrogens is 315 g/mol. The molecule has 0 aliphatic rings. The molecule has 0 radical (unpaired) electrons. The van der Waals surface area contributed by atoms with Crippen molar-refractivity contribution in [3.8, 4) is 0 Å². The van der Waals surface area contributed by atoms with Crippen molar-refractivity contribution < 1.29 is 0 Å². The van der Waals surface area contributed by atoms with Gasteiger partial charge >= 0.3 is 0 Å². The highest BCUT2D eigenvalue weighted by Gasteiger charge is 1.94. The number of nitrogens with one attached hydrogen (secondary N) is 1. The molecule has 0 saturated heterocycles. The fraction of sp³-hybridized carbons (Fsp3) is 0.250. The molecular formula is C4H4BrIN2S. The van der Waals surface area contributed by atoms with Crippen LogP contribution in [0, 0.1) is 0 Å². The monoisotopic (exact) mass is 318 g/mol. The van der Waals surface area contributed by atoms with Crippen molar-refractivity contribution in [2.24, 2.45) is 0 Å². The fourth-order valence-electron chi connectivity index (χ4n) is 0.393. The van der Waals surface area contributed by atoms with E-state index in [0.29, 0.717) is 0 Å². The van der Waals surface area contributed by atoms with E-state index >= 15 is 0 Å². The number of rotatable bonds is 2. The third-order valence-electron chi connectivity index (χ3n) is 0.696. The summed E-state index contributed by atoms with van der Waals surface area (Å²) in [7, 11) is 0. The van der Waals surface area contributed by atoms with Crippen LogP contribution >= 0.6 is 49.9 Å². The van der Waals surface area contributed by atoms with Crippen LogP contribution in [0.25, 0.3) is 0 Å². The number of hydrogen-bond acceptors (Lipinski definition) is 3. The van der Waals surface area contributed by atoms with E-state index in [0.717, 1.165) is 13.5 Å². The van der Waals surface area contributed by atoms with Gasteiger partial charge in [-0.25, -0.2) is 4.98 Å². The Hall–Kier alpha value is 0.640. The second-order valence-electron chi connectivity index (χ2n) is 1.28. The molecule has 0 unspecified atom stereocenters. The summed E-state index contributed by atoms with van der Waals surface area (Å²) in [6.45, 7) is 0. The molecule has 2 nitrogen and oxygen atoms in total. The Labute approximate surface area is 79.3 Å². The lowest BCUT2D eigenvalue weighted by molar-refractivity contribution is 1.36. The summed E-state index contributed by atoms with van der Waals surface area (Å²) in [6.07, 6.45) is 1.79. The van der Waals surface area contributed by atoms with Crippen LogP contribution in [0.5, 0.6) is 0 Å². The van der Waals surface area contributed by atoms with Gasteiger partial charge in [-0.2, -0.15) is 0 Å². The highest BCUT2D eigenvalue weighted by atomic mass is 127. The number of thiazole rings is 1. The van der Waals surface area contributed by atoms with Gasteiger partial charge in [-0.1, -0.05) is 33.9 Å². The van der Waals surface area contributed by atoms with E-state index in [-0.39, 0.29) is 0 Å². The highest BCUT2D eigenvalue weighted by molar-refractivity contribution is 14.1. The summed E-state index contributed by atoms with van der Waals surface area (Å²) in [5.41, 5.74) is 0. The van der Waals surface area contributed by atoms with Gasteiger partial charge in [0.15, 0.2) is 5.13 Å². The molecule has 0 aromatic carbocycles. The first-order chi connectivity index (χ1) is 4.33. The lowest BCUT2D eigenvalue weighted by Gasteiger charge is -1.90. The Morgan fingerprint density at radius 3 is 3.11 bits per heavy atom. The van der Waals surface area contributed by atoms with Crippen molar-refractivity contribution in [1.29, 1.82) is 0 Å². The van der Waals surface area contributed by atoms with E-state index in [4.69, 9.17) is 0 Å². The lowest BCUT2D eigenvalue weighted by atomic mass is 11.0. The zero-order chi connectivity index (χ0) is 6.69. The molecule has 1 N–H and O–H groups in total. The fourth-order valence-corrected chi connectivity index (χ4v) is 2.12. The molecule has 1 rings (SSSR count). The predicted octanol–water partition coefficient (Wildman–Crippen LogP) is 2.71. The van der Waals surface area contributed by atoms with Crippen molar-refractivity contribution in [3.63, 3.8) is 0 Å². The van der Waals surface area contributed by atoms with Crippen LogP contribution in [0.1, 0.15) is 0 Å². The molecule has 1 heterocycles. The minimum Gasteiger partial charge on any atom is -0.353 e. The van der Waals surface area contributed by atoms with Gasteiger partial charge in [-0.15, -0.1) is 0 Å². The first-order valence-corrected chi connectivity index (χ1v) is 5.37. The first-order valence-electron chi connectivity index (χ1n) is 2.24. The molecule has 50 valence electrons. The maximum absolute atomic E-state index is 4.06. The maximum Gasteiger partial charge on any atom is 0.184 e. The number of nitrogens with zero attached hydrogens (tertiary/aromatic N) is 1. The Bertz CT molecular complexity index is 190. The average Bonchev–Trinajstić information content (AvgIpc) is 2.17. The van der Waals surface area contributed by atoms with Crippen molar-refractivity contribution in [3.05, 3.63) is 9.98 Å². The first kappa shape index (κ1) is 7.74. The van der Waals surface area contributed by atoms with E-state index in [1.54, 1.807) is 17.5 Å². The van der Waals surface area contributed by atoms with Gasteiger partial charge in [0.1, 0.15) is 0 Å². The summed E-state index contributed by atoms with van der Waals surface area (Å²) in [5, 5.41) is 4.06. The van der Waals surface area contributed by atoms with Gasteiger partial charge in [0.25, 0.3) is 0 Å². The normalized spacial score (nSPS) is 9.56. The molecule has 1 aromatic heterocycles. The molecule has 0 amide bonds. The van der Waals surface area contributed by atoms with E-state index < -0.39 is 0 Å². The number of hydrogen-bond donors (Lipinski definition) is 1. The number of alkyl halides is 1. The smallest absolute Gasteiger partial charge is 0.184 e. The molecule has 9 heavy (non-hydrogen) atoms. The Balaban J connectivity index is 2.61. The summed E-state index contributed by atoms with van der Waals surface area (Å²) in [5.74, 6) is 0. The van der Waals surface area contributed by atoms with Crippen molar-refractivity contribution in [2.75, 3.05) is 9.87 Å². The highest BCUT2D eigenvalue weighted by Crippen LogP contribution is 2.22. The topological polar surface area (TPSA) is 24.9 Å². The van der Waals surface area contributed by atoms with Crippen LogP contribution in [0.3, 0.4) is 0 Å². The Morgan fingerprint density at radius 1 is 1.89 bits per heavy atom. The number of aromatic nitrogens is 1. The van der Waals surface area contributed by atoms with Crippen LogP contribution in [0.2, 0.25) is 0 Å². The second kappa shape index (κ2) is 3.72. The second-order valence-corrected chi connectivity index (χ2v) is 4.45. The number of anilines is 1. The Kier molecular flexibility index (Phi) is 3.20. The molecule has 0 spiro atoms. The Morgan fingerprint density at radius 2 is 2.67 bits per heavy atom. The van der Waals surface area contributed by atoms with Gasteiger partial charge in [-0.05, 0) is 15.9 Å². The molecule has 0 atom stereocenters. The molecule has 0 saturated carbocycles. The standard InChI is InChI=1S/C4H4BrIN2S/c5-3-1-7-4(9-3)8-2-6/h1H,2H2,(H,7,8). The van der Waals surface area contributed by atoms with Crippen molar-refractivity contribution >= 4 is 55.0 Å². The third-order valence-corrected chi connectivity index (χ3v) is 2.51. The van der Waals surface area contributed by atoms with E-state index in [1.807, 2.05) is 0 Å². The van der Waals surface area contributed by atoms with Gasteiger partial charge < -0.3 is 5.32 Å². The molecule has 0 fully saturated rings. The van der Waals surface area contributed by atoms with Gasteiger partial charge in [-0.3, -0.25) is 0 Å². The van der Waals surface area contributed by atoms with E-state index in [9.17, 15) is 0 Å². The zero-order valence-electron chi connectivity index (χ0n) is 4.40.